The highest BCUT2D eigenvalue weighted by molar-refractivity contribution is 6.00. The lowest BCUT2D eigenvalue weighted by molar-refractivity contribution is -0.116. The van der Waals surface area contributed by atoms with Crippen molar-refractivity contribution in [3.05, 3.63) is 78.8 Å². The van der Waals surface area contributed by atoms with Gasteiger partial charge in [0.25, 0.3) is 5.91 Å². The number of hydrogen-bond acceptors (Lipinski definition) is 5. The van der Waals surface area contributed by atoms with Gasteiger partial charge in [-0.2, -0.15) is 5.10 Å². The van der Waals surface area contributed by atoms with Crippen molar-refractivity contribution in [2.45, 2.75) is 6.92 Å². The van der Waals surface area contributed by atoms with Crippen molar-refractivity contribution in [3.63, 3.8) is 0 Å². The van der Waals surface area contributed by atoms with Gasteiger partial charge in [-0.15, -0.1) is 0 Å². The molecule has 3 aromatic rings. The third-order valence-corrected chi connectivity index (χ3v) is 4.86. The first-order valence-electron chi connectivity index (χ1n) is 9.80. The number of anilines is 1. The molecule has 8 nitrogen and oxygen atoms in total. The third-order valence-electron chi connectivity index (χ3n) is 4.86. The second-order valence-corrected chi connectivity index (χ2v) is 6.91. The number of benzene rings is 2. The van der Waals surface area contributed by atoms with Crippen LogP contribution in [0.4, 0.5) is 5.69 Å². The van der Waals surface area contributed by atoms with Gasteiger partial charge in [0.1, 0.15) is 19.8 Å². The van der Waals surface area contributed by atoms with Crippen molar-refractivity contribution >= 4 is 17.5 Å². The van der Waals surface area contributed by atoms with Crippen LogP contribution in [0.5, 0.6) is 11.5 Å². The zero-order valence-corrected chi connectivity index (χ0v) is 17.1. The monoisotopic (exact) mass is 418 g/mol. The topological polar surface area (TPSA) is 85.7 Å². The Bertz CT molecular complexity index is 1120. The molecule has 4 rings (SSSR count). The summed E-state index contributed by atoms with van der Waals surface area (Å²) in [6.07, 6.45) is 2.84. The lowest BCUT2D eigenvalue weighted by Crippen LogP contribution is -2.34. The molecule has 8 heteroatoms. The van der Waals surface area contributed by atoms with E-state index in [-0.39, 0.29) is 18.4 Å². The van der Waals surface area contributed by atoms with Gasteiger partial charge in [0.2, 0.25) is 5.91 Å². The molecule has 2 amide bonds. The number of ether oxygens (including phenoxy) is 2. The summed E-state index contributed by atoms with van der Waals surface area (Å²) in [5, 5.41) is 7.09. The third kappa shape index (κ3) is 4.28. The number of carbonyl (C=O) groups excluding carboxylic acids is 2. The summed E-state index contributed by atoms with van der Waals surface area (Å²) in [5.74, 6) is 0.493. The summed E-state index contributed by atoms with van der Waals surface area (Å²) in [7, 11) is 0. The summed E-state index contributed by atoms with van der Waals surface area (Å²) in [5.41, 5.74) is 2.48. The molecule has 158 valence electrons. The quantitative estimate of drug-likeness (QED) is 0.665. The highest BCUT2D eigenvalue weighted by atomic mass is 16.6. The first-order chi connectivity index (χ1) is 15.1. The molecule has 0 radical (unpaired) electrons. The van der Waals surface area contributed by atoms with Gasteiger partial charge in [-0.25, -0.2) is 4.68 Å². The lowest BCUT2D eigenvalue weighted by Gasteiger charge is -2.20. The molecule has 1 aromatic heterocycles. The Balaban J connectivity index is 1.45. The van der Waals surface area contributed by atoms with E-state index >= 15 is 0 Å². The number of amides is 2. The minimum Gasteiger partial charge on any atom is -0.486 e. The normalized spacial score (nSPS) is 12.2. The van der Waals surface area contributed by atoms with Crippen molar-refractivity contribution < 1.29 is 19.1 Å². The maximum absolute atomic E-state index is 13.0. The zero-order chi connectivity index (χ0) is 21.8. The van der Waals surface area contributed by atoms with Crippen LogP contribution < -0.4 is 14.8 Å². The molecule has 0 aliphatic carbocycles. The standard InChI is InChI=1S/C23H22N4O4/c1-3-26(15-22(28)25-17-9-10-20-21(13-17)31-12-11-30-20)23(29)19-14-24-27(16(19)2)18-7-5-4-6-8-18/h3-10,13-14H,1,11-12,15H2,2H3,(H,25,28). The average molecular weight is 418 g/mol. The van der Waals surface area contributed by atoms with Gasteiger partial charge >= 0.3 is 0 Å². The van der Waals surface area contributed by atoms with Gasteiger partial charge in [-0.1, -0.05) is 24.8 Å². The van der Waals surface area contributed by atoms with E-state index in [0.717, 1.165) is 5.69 Å². The molecule has 1 N–H and O–H groups in total. The minimum absolute atomic E-state index is 0.188. The van der Waals surface area contributed by atoms with Gasteiger partial charge < -0.3 is 19.7 Å². The van der Waals surface area contributed by atoms with E-state index in [1.54, 1.807) is 22.9 Å². The Labute approximate surface area is 179 Å². The summed E-state index contributed by atoms with van der Waals surface area (Å²) < 4.78 is 12.7. The number of hydrogen-bond donors (Lipinski definition) is 1. The molecule has 31 heavy (non-hydrogen) atoms. The first-order valence-corrected chi connectivity index (χ1v) is 9.80. The molecule has 0 unspecified atom stereocenters. The van der Waals surface area contributed by atoms with Crippen molar-refractivity contribution in [3.8, 4) is 17.2 Å². The highest BCUT2D eigenvalue weighted by Crippen LogP contribution is 2.32. The molecule has 0 fully saturated rings. The average Bonchev–Trinajstić information content (AvgIpc) is 3.18. The van der Waals surface area contributed by atoms with Gasteiger partial charge in [0, 0.05) is 18.0 Å². The Morgan fingerprint density at radius 2 is 1.90 bits per heavy atom. The number of para-hydroxylation sites is 1. The molecular weight excluding hydrogens is 396 g/mol. The van der Waals surface area contributed by atoms with Gasteiger partial charge in [-0.3, -0.25) is 9.59 Å². The summed E-state index contributed by atoms with van der Waals surface area (Å²) >= 11 is 0. The van der Waals surface area contributed by atoms with Crippen LogP contribution in [0.1, 0.15) is 16.1 Å². The molecule has 1 aliphatic rings. The number of nitrogens with one attached hydrogen (secondary N) is 1. The van der Waals surface area contributed by atoms with Crippen molar-refractivity contribution in [2.75, 3.05) is 25.1 Å². The first kappa shape index (κ1) is 20.2. The van der Waals surface area contributed by atoms with E-state index in [4.69, 9.17) is 9.47 Å². The fourth-order valence-corrected chi connectivity index (χ4v) is 3.30. The Kier molecular flexibility index (Phi) is 5.70. The molecule has 2 heterocycles. The molecule has 0 bridgehead atoms. The molecule has 0 atom stereocenters. The molecule has 0 saturated carbocycles. The van der Waals surface area contributed by atoms with Crippen molar-refractivity contribution in [1.82, 2.24) is 14.7 Å². The van der Waals surface area contributed by atoms with Crippen LogP contribution in [0.3, 0.4) is 0 Å². The predicted octanol–water partition coefficient (Wildman–Crippen LogP) is 3.18. The number of fused-ring (bicyclic) bond motifs is 1. The zero-order valence-electron chi connectivity index (χ0n) is 17.1. The van der Waals surface area contributed by atoms with Crippen molar-refractivity contribution in [1.29, 1.82) is 0 Å². The second-order valence-electron chi connectivity index (χ2n) is 6.91. The summed E-state index contributed by atoms with van der Waals surface area (Å²) in [6, 6.07) is 14.7. The second kappa shape index (κ2) is 8.74. The van der Waals surface area contributed by atoms with Crippen LogP contribution in [0.2, 0.25) is 0 Å². The van der Waals surface area contributed by atoms with Gasteiger partial charge in [0.15, 0.2) is 11.5 Å². The van der Waals surface area contributed by atoms with Crippen LogP contribution in [0, 0.1) is 6.92 Å². The lowest BCUT2D eigenvalue weighted by atomic mass is 10.2. The van der Waals surface area contributed by atoms with E-state index in [9.17, 15) is 9.59 Å². The van der Waals surface area contributed by atoms with Crippen LogP contribution in [0.25, 0.3) is 5.69 Å². The maximum atomic E-state index is 13.0. The van der Waals surface area contributed by atoms with Gasteiger partial charge in [-0.05, 0) is 31.2 Å². The van der Waals surface area contributed by atoms with E-state index in [1.807, 2.05) is 37.3 Å². The number of carbonyl (C=O) groups is 2. The van der Waals surface area contributed by atoms with Crippen LogP contribution >= 0.6 is 0 Å². The molecule has 2 aromatic carbocycles. The molecule has 1 aliphatic heterocycles. The smallest absolute Gasteiger partial charge is 0.261 e. The highest BCUT2D eigenvalue weighted by Gasteiger charge is 2.22. The summed E-state index contributed by atoms with van der Waals surface area (Å²) in [6.45, 7) is 6.26. The maximum Gasteiger partial charge on any atom is 0.261 e. The number of rotatable bonds is 6. The largest absolute Gasteiger partial charge is 0.486 e. The van der Waals surface area contributed by atoms with E-state index in [0.29, 0.717) is 41.7 Å². The fraction of sp³-hybridized carbons (Fsp3) is 0.174. The Morgan fingerprint density at radius 1 is 1.16 bits per heavy atom. The molecule has 0 spiro atoms. The molecular formula is C23H22N4O4. The molecule has 0 saturated heterocycles. The van der Waals surface area contributed by atoms with E-state index in [2.05, 4.69) is 17.0 Å². The van der Waals surface area contributed by atoms with E-state index < -0.39 is 0 Å². The van der Waals surface area contributed by atoms with Crippen LogP contribution in [0.15, 0.2) is 67.5 Å². The number of nitrogens with zero attached hydrogens (tertiary/aromatic N) is 3. The van der Waals surface area contributed by atoms with Gasteiger partial charge in [0.05, 0.1) is 23.1 Å². The minimum atomic E-state index is -0.363. The predicted molar refractivity (Wildman–Crippen MR) is 116 cm³/mol. The SMILES string of the molecule is C=CN(CC(=O)Nc1ccc2c(c1)OCCO2)C(=O)c1cnn(-c2ccccc2)c1C. The van der Waals surface area contributed by atoms with Crippen molar-refractivity contribution in [2.24, 2.45) is 0 Å². The number of aromatic nitrogens is 2. The summed E-state index contributed by atoms with van der Waals surface area (Å²) in [4.78, 5) is 26.8. The van der Waals surface area contributed by atoms with Crippen LogP contribution in [-0.2, 0) is 4.79 Å². The van der Waals surface area contributed by atoms with Crippen LogP contribution in [-0.4, -0.2) is 46.3 Å². The Morgan fingerprint density at radius 3 is 2.65 bits per heavy atom. The Hall–Kier alpha value is -4.07. The van der Waals surface area contributed by atoms with E-state index in [1.165, 1.54) is 17.3 Å². The fourth-order valence-electron chi connectivity index (χ4n) is 3.30.